The highest BCUT2D eigenvalue weighted by Gasteiger charge is 2.35. The SMILES string of the molecule is C[C@H](C(=O)N1CCN(c2ccc(S(=O)(=O)Nc3ccnc(C(F)(F)F)n3)cc2)CC1)N1CCCc2cc(Cl)ccc21.[HH].[HH]. The summed E-state index contributed by atoms with van der Waals surface area (Å²) in [5, 5.41) is 0.688. The van der Waals surface area contributed by atoms with Crippen LogP contribution in [0.15, 0.2) is 59.6 Å². The summed E-state index contributed by atoms with van der Waals surface area (Å²) in [4.78, 5) is 25.7. The number of fused-ring (bicyclic) bond motifs is 1. The van der Waals surface area contributed by atoms with E-state index < -0.39 is 27.8 Å². The minimum absolute atomic E-state index is 0. The molecule has 1 fully saturated rings. The van der Waals surface area contributed by atoms with E-state index in [-0.39, 0.29) is 19.7 Å². The Labute approximate surface area is 244 Å². The number of hydrogen-bond acceptors (Lipinski definition) is 7. The van der Waals surface area contributed by atoms with Crippen molar-refractivity contribution in [2.45, 2.75) is 36.9 Å². The smallest absolute Gasteiger partial charge is 0.368 e. The molecule has 41 heavy (non-hydrogen) atoms. The number of aromatic nitrogens is 2. The van der Waals surface area contributed by atoms with Gasteiger partial charge in [-0.2, -0.15) is 13.2 Å². The quantitative estimate of drug-likeness (QED) is 0.421. The molecule has 2 aliphatic heterocycles. The highest BCUT2D eigenvalue weighted by Crippen LogP contribution is 2.32. The minimum atomic E-state index is -4.80. The molecular weight excluding hydrogens is 581 g/mol. The molecule has 3 aromatic rings. The third kappa shape index (κ3) is 6.35. The molecule has 0 radical (unpaired) electrons. The highest BCUT2D eigenvalue weighted by molar-refractivity contribution is 7.92. The van der Waals surface area contributed by atoms with E-state index in [4.69, 9.17) is 11.6 Å². The molecule has 1 amide bonds. The second kappa shape index (κ2) is 11.4. The average Bonchev–Trinajstić information content (AvgIpc) is 2.95. The van der Waals surface area contributed by atoms with Crippen LogP contribution in [0.5, 0.6) is 0 Å². The number of benzene rings is 2. The van der Waals surface area contributed by atoms with Crippen LogP contribution in [-0.2, 0) is 27.4 Å². The van der Waals surface area contributed by atoms with Gasteiger partial charge in [0.25, 0.3) is 10.0 Å². The van der Waals surface area contributed by atoms with Crippen LogP contribution < -0.4 is 14.5 Å². The fourth-order valence-corrected chi connectivity index (χ4v) is 6.36. The zero-order chi connectivity index (χ0) is 29.4. The predicted molar refractivity (Wildman–Crippen MR) is 154 cm³/mol. The minimum Gasteiger partial charge on any atom is -0.368 e. The van der Waals surface area contributed by atoms with Crippen molar-refractivity contribution in [3.05, 3.63) is 71.1 Å². The first kappa shape index (κ1) is 28.9. The van der Waals surface area contributed by atoms with Crippen molar-refractivity contribution in [2.24, 2.45) is 0 Å². The van der Waals surface area contributed by atoms with Gasteiger partial charge in [0, 0.05) is 58.2 Å². The number of amides is 1. The number of carbonyl (C=O) groups is 1. The second-order valence-electron chi connectivity index (χ2n) is 9.92. The van der Waals surface area contributed by atoms with E-state index in [1.54, 1.807) is 12.1 Å². The molecule has 0 unspecified atom stereocenters. The number of nitrogens with one attached hydrogen (secondary N) is 1. The van der Waals surface area contributed by atoms with Gasteiger partial charge >= 0.3 is 6.18 Å². The molecule has 0 aliphatic carbocycles. The van der Waals surface area contributed by atoms with Crippen molar-refractivity contribution < 1.29 is 29.2 Å². The fraction of sp³-hybridized carbons (Fsp3) is 0.370. The van der Waals surface area contributed by atoms with Crippen molar-refractivity contribution in [1.29, 1.82) is 0 Å². The lowest BCUT2D eigenvalue weighted by atomic mass is 10.00. The maximum atomic E-state index is 13.4. The number of hydrogen-bond donors (Lipinski definition) is 1. The lowest BCUT2D eigenvalue weighted by molar-refractivity contribution is -0.144. The summed E-state index contributed by atoms with van der Waals surface area (Å²) in [6.45, 7) is 4.89. The molecule has 2 aromatic carbocycles. The molecule has 0 saturated carbocycles. The van der Waals surface area contributed by atoms with Gasteiger partial charge in [0.1, 0.15) is 11.9 Å². The number of carbonyl (C=O) groups excluding carboxylic acids is 1. The Morgan fingerprint density at radius 2 is 1.76 bits per heavy atom. The Hall–Kier alpha value is -3.58. The molecule has 3 heterocycles. The van der Waals surface area contributed by atoms with E-state index in [9.17, 15) is 26.4 Å². The number of aryl methyl sites for hydroxylation is 1. The summed E-state index contributed by atoms with van der Waals surface area (Å²) < 4.78 is 66.1. The first-order chi connectivity index (χ1) is 19.4. The fourth-order valence-electron chi connectivity index (χ4n) is 5.16. The third-order valence-electron chi connectivity index (χ3n) is 7.27. The van der Waals surface area contributed by atoms with Crippen LogP contribution in [0.4, 0.5) is 30.4 Å². The third-order valence-corrected chi connectivity index (χ3v) is 8.88. The average molecular weight is 613 g/mol. The maximum Gasteiger partial charge on any atom is 0.451 e. The van der Waals surface area contributed by atoms with E-state index in [1.807, 2.05) is 30.0 Å². The van der Waals surface area contributed by atoms with Gasteiger partial charge in [0.15, 0.2) is 0 Å². The lowest BCUT2D eigenvalue weighted by Crippen LogP contribution is -2.55. The molecule has 222 valence electrons. The Morgan fingerprint density at radius 1 is 1.05 bits per heavy atom. The number of anilines is 3. The Kier molecular flexibility index (Phi) is 8.02. The number of alkyl halides is 3. The second-order valence-corrected chi connectivity index (χ2v) is 12.0. The van der Waals surface area contributed by atoms with Crippen molar-refractivity contribution in [3.8, 4) is 0 Å². The molecule has 0 spiro atoms. The lowest BCUT2D eigenvalue weighted by Gasteiger charge is -2.41. The van der Waals surface area contributed by atoms with Crippen molar-refractivity contribution in [1.82, 2.24) is 14.9 Å². The number of rotatable bonds is 6. The standard InChI is InChI=1S/C27H28ClF3N6O3S.2H2/c1-18(37-12-2-3-19-17-20(28)4-9-23(19)37)25(38)36-15-13-35(14-16-36)21-5-7-22(8-6-21)41(39,40)34-24-10-11-32-26(33-24)27(29,30)31;;/h4-11,17-18H,2-3,12-16H2,1H3,(H,32,33,34);2*1H/t18-;;/m1../s1. The Morgan fingerprint density at radius 3 is 2.44 bits per heavy atom. The van der Waals surface area contributed by atoms with E-state index in [2.05, 4.69) is 24.5 Å². The summed E-state index contributed by atoms with van der Waals surface area (Å²) in [7, 11) is -4.18. The zero-order valence-electron chi connectivity index (χ0n) is 22.1. The van der Waals surface area contributed by atoms with Crippen LogP contribution in [0.25, 0.3) is 0 Å². The Bertz CT molecular complexity index is 1540. The monoisotopic (exact) mass is 612 g/mol. The molecule has 9 nitrogen and oxygen atoms in total. The van der Waals surface area contributed by atoms with E-state index in [0.29, 0.717) is 31.2 Å². The van der Waals surface area contributed by atoms with Gasteiger partial charge in [-0.05, 0) is 73.9 Å². The summed E-state index contributed by atoms with van der Waals surface area (Å²) >= 11 is 6.16. The van der Waals surface area contributed by atoms with Crippen molar-refractivity contribution >= 4 is 44.7 Å². The summed E-state index contributed by atoms with van der Waals surface area (Å²) in [6, 6.07) is 12.5. The van der Waals surface area contributed by atoms with Gasteiger partial charge in [0.2, 0.25) is 11.7 Å². The van der Waals surface area contributed by atoms with Crippen LogP contribution in [0.1, 0.15) is 27.6 Å². The molecule has 1 aromatic heterocycles. The normalized spacial score (nSPS) is 16.8. The van der Waals surface area contributed by atoms with E-state index in [1.165, 1.54) is 12.1 Å². The Balaban J connectivity index is 0.00000253. The van der Waals surface area contributed by atoms with Crippen LogP contribution in [-0.4, -0.2) is 68.0 Å². The number of piperazine rings is 1. The molecule has 1 atom stereocenters. The molecule has 2 aliphatic rings. The van der Waals surface area contributed by atoms with Gasteiger partial charge in [-0.3, -0.25) is 9.52 Å². The largest absolute Gasteiger partial charge is 0.451 e. The first-order valence-electron chi connectivity index (χ1n) is 13.0. The van der Waals surface area contributed by atoms with Gasteiger partial charge in [-0.25, -0.2) is 18.4 Å². The van der Waals surface area contributed by atoms with E-state index >= 15 is 0 Å². The van der Waals surface area contributed by atoms with Gasteiger partial charge in [-0.1, -0.05) is 11.6 Å². The molecule has 0 bridgehead atoms. The van der Waals surface area contributed by atoms with Crippen LogP contribution in [0.2, 0.25) is 5.02 Å². The maximum absolute atomic E-state index is 13.4. The molecule has 14 heteroatoms. The van der Waals surface area contributed by atoms with Crippen LogP contribution >= 0.6 is 11.6 Å². The topological polar surface area (TPSA) is 98.7 Å². The van der Waals surface area contributed by atoms with Crippen LogP contribution in [0.3, 0.4) is 0 Å². The summed E-state index contributed by atoms with van der Waals surface area (Å²) in [6.07, 6.45) is -2.08. The zero-order valence-corrected chi connectivity index (χ0v) is 23.7. The van der Waals surface area contributed by atoms with Gasteiger partial charge < -0.3 is 14.7 Å². The predicted octanol–water partition coefficient (Wildman–Crippen LogP) is 4.93. The van der Waals surface area contributed by atoms with Crippen molar-refractivity contribution in [3.63, 3.8) is 0 Å². The first-order valence-corrected chi connectivity index (χ1v) is 14.9. The molecular formula is C27H32ClF3N6O3S. The summed E-state index contributed by atoms with van der Waals surface area (Å²) in [5.74, 6) is -1.87. The van der Waals surface area contributed by atoms with Crippen LogP contribution in [0, 0.1) is 0 Å². The van der Waals surface area contributed by atoms with Gasteiger partial charge in [-0.15, -0.1) is 0 Å². The summed E-state index contributed by atoms with van der Waals surface area (Å²) in [5.41, 5.74) is 2.97. The number of halogens is 4. The van der Waals surface area contributed by atoms with Crippen molar-refractivity contribution in [2.75, 3.05) is 47.2 Å². The van der Waals surface area contributed by atoms with Gasteiger partial charge in [0.05, 0.1) is 4.90 Å². The highest BCUT2D eigenvalue weighted by atomic mass is 35.5. The molecule has 1 saturated heterocycles. The molecule has 1 N–H and O–H groups in total. The molecule has 5 rings (SSSR count). The number of nitrogens with zero attached hydrogens (tertiary/aromatic N) is 5. The van der Waals surface area contributed by atoms with E-state index in [0.717, 1.165) is 48.6 Å². The number of sulfonamides is 1.